The monoisotopic (exact) mass is 227 g/mol. The highest BCUT2D eigenvalue weighted by Gasteiger charge is 2.30. The van der Waals surface area contributed by atoms with Crippen molar-refractivity contribution in [2.75, 3.05) is 6.54 Å². The number of benzene rings is 1. The van der Waals surface area contributed by atoms with E-state index in [4.69, 9.17) is 11.0 Å². The molecule has 2 rings (SSSR count). The van der Waals surface area contributed by atoms with Gasteiger partial charge in [-0.2, -0.15) is 5.26 Å². The highest BCUT2D eigenvalue weighted by Crippen LogP contribution is 2.32. The van der Waals surface area contributed by atoms with Crippen molar-refractivity contribution in [1.82, 2.24) is 4.90 Å². The first-order valence-electron chi connectivity index (χ1n) is 5.86. The van der Waals surface area contributed by atoms with Crippen LogP contribution in [-0.4, -0.2) is 11.4 Å². The van der Waals surface area contributed by atoms with Crippen LogP contribution in [-0.2, 0) is 0 Å². The molecule has 1 aliphatic heterocycles. The Morgan fingerprint density at radius 1 is 1.41 bits per heavy atom. The van der Waals surface area contributed by atoms with Gasteiger partial charge in [-0.3, -0.25) is 0 Å². The van der Waals surface area contributed by atoms with E-state index in [9.17, 15) is 0 Å². The van der Waals surface area contributed by atoms with Crippen molar-refractivity contribution in [1.29, 1.82) is 5.26 Å². The van der Waals surface area contributed by atoms with Gasteiger partial charge in [0.2, 0.25) is 0 Å². The fourth-order valence-corrected chi connectivity index (χ4v) is 2.34. The normalized spacial score (nSPS) is 21.5. The molecule has 1 aromatic rings. The van der Waals surface area contributed by atoms with Crippen LogP contribution in [0.4, 0.5) is 0 Å². The van der Waals surface area contributed by atoms with Gasteiger partial charge in [-0.05, 0) is 12.5 Å². The molecule has 3 nitrogen and oxygen atoms in total. The fraction of sp³-hybridized carbons (Fsp3) is 0.357. The van der Waals surface area contributed by atoms with Gasteiger partial charge in [0.15, 0.2) is 0 Å². The highest BCUT2D eigenvalue weighted by atomic mass is 15.2. The second kappa shape index (κ2) is 4.50. The van der Waals surface area contributed by atoms with Crippen molar-refractivity contribution in [2.24, 2.45) is 11.7 Å². The van der Waals surface area contributed by atoms with Crippen molar-refractivity contribution in [3.63, 3.8) is 0 Å². The lowest BCUT2D eigenvalue weighted by Gasteiger charge is -2.28. The van der Waals surface area contributed by atoms with Crippen LogP contribution in [0.15, 0.2) is 41.7 Å². The zero-order valence-corrected chi connectivity index (χ0v) is 10.2. The summed E-state index contributed by atoms with van der Waals surface area (Å²) in [5, 5.41) is 9.06. The van der Waals surface area contributed by atoms with E-state index in [-0.39, 0.29) is 12.0 Å². The van der Waals surface area contributed by atoms with E-state index in [1.807, 2.05) is 25.1 Å². The summed E-state index contributed by atoms with van der Waals surface area (Å²) in [7, 11) is 0. The zero-order chi connectivity index (χ0) is 12.4. The van der Waals surface area contributed by atoms with E-state index >= 15 is 0 Å². The van der Waals surface area contributed by atoms with Crippen molar-refractivity contribution < 1.29 is 0 Å². The van der Waals surface area contributed by atoms with E-state index in [0.717, 1.165) is 6.54 Å². The van der Waals surface area contributed by atoms with E-state index in [0.29, 0.717) is 11.4 Å². The fourth-order valence-electron chi connectivity index (χ4n) is 2.34. The standard InChI is InChI=1S/C14H17N3/c1-10-9-17(14(16)13(10)8-15)11(2)12-6-4-3-5-7-12/h3-7,10-11H,9,16H2,1-2H3. The van der Waals surface area contributed by atoms with Gasteiger partial charge in [0.25, 0.3) is 0 Å². The highest BCUT2D eigenvalue weighted by molar-refractivity contribution is 5.34. The molecular formula is C14H17N3. The third kappa shape index (κ3) is 1.99. The number of nitriles is 1. The molecule has 1 aromatic carbocycles. The van der Waals surface area contributed by atoms with Crippen molar-refractivity contribution >= 4 is 0 Å². The summed E-state index contributed by atoms with van der Waals surface area (Å²) in [6.07, 6.45) is 0. The predicted molar refractivity (Wildman–Crippen MR) is 67.6 cm³/mol. The summed E-state index contributed by atoms with van der Waals surface area (Å²) in [4.78, 5) is 2.11. The molecule has 0 radical (unpaired) electrons. The molecule has 0 aliphatic carbocycles. The van der Waals surface area contributed by atoms with Crippen LogP contribution in [0.25, 0.3) is 0 Å². The Morgan fingerprint density at radius 2 is 2.06 bits per heavy atom. The number of nitrogens with zero attached hydrogens (tertiary/aromatic N) is 2. The molecule has 0 bridgehead atoms. The number of nitrogens with two attached hydrogens (primary N) is 1. The van der Waals surface area contributed by atoms with Gasteiger partial charge in [-0.25, -0.2) is 0 Å². The summed E-state index contributed by atoms with van der Waals surface area (Å²) in [5.41, 5.74) is 7.98. The predicted octanol–water partition coefficient (Wildman–Crippen LogP) is 2.39. The maximum atomic E-state index is 9.06. The topological polar surface area (TPSA) is 53.0 Å². The molecule has 2 N–H and O–H groups in total. The van der Waals surface area contributed by atoms with Crippen LogP contribution in [0.3, 0.4) is 0 Å². The van der Waals surface area contributed by atoms with E-state index < -0.39 is 0 Å². The van der Waals surface area contributed by atoms with Gasteiger partial charge in [0, 0.05) is 12.5 Å². The van der Waals surface area contributed by atoms with E-state index in [2.05, 4.69) is 30.0 Å². The Kier molecular flexibility index (Phi) is 3.06. The molecule has 0 aromatic heterocycles. The minimum absolute atomic E-state index is 0.212. The Labute approximate surface area is 102 Å². The lowest BCUT2D eigenvalue weighted by molar-refractivity contribution is 0.276. The van der Waals surface area contributed by atoms with Gasteiger partial charge in [-0.15, -0.1) is 0 Å². The molecule has 3 heteroatoms. The van der Waals surface area contributed by atoms with Crippen LogP contribution in [0, 0.1) is 17.2 Å². The van der Waals surface area contributed by atoms with Crippen LogP contribution in [0.5, 0.6) is 0 Å². The third-order valence-electron chi connectivity index (χ3n) is 3.42. The summed E-state index contributed by atoms with van der Waals surface area (Å²) in [5.74, 6) is 0.863. The second-order valence-electron chi connectivity index (χ2n) is 4.55. The smallest absolute Gasteiger partial charge is 0.114 e. The molecule has 88 valence electrons. The summed E-state index contributed by atoms with van der Waals surface area (Å²) < 4.78 is 0. The molecule has 0 amide bonds. The molecule has 2 unspecified atom stereocenters. The first kappa shape index (κ1) is 11.5. The molecular weight excluding hydrogens is 210 g/mol. The second-order valence-corrected chi connectivity index (χ2v) is 4.55. The number of rotatable bonds is 2. The van der Waals surface area contributed by atoms with Crippen LogP contribution < -0.4 is 5.73 Å². The quantitative estimate of drug-likeness (QED) is 0.844. The summed E-state index contributed by atoms with van der Waals surface area (Å²) in [6.45, 7) is 4.99. The van der Waals surface area contributed by atoms with E-state index in [1.54, 1.807) is 0 Å². The molecule has 0 spiro atoms. The molecule has 0 saturated carbocycles. The van der Waals surface area contributed by atoms with Crippen molar-refractivity contribution in [2.45, 2.75) is 19.9 Å². The van der Waals surface area contributed by atoms with Gasteiger partial charge >= 0.3 is 0 Å². The largest absolute Gasteiger partial charge is 0.385 e. The van der Waals surface area contributed by atoms with Gasteiger partial charge in [0.1, 0.15) is 5.82 Å². The average molecular weight is 227 g/mol. The van der Waals surface area contributed by atoms with Crippen LogP contribution >= 0.6 is 0 Å². The lowest BCUT2D eigenvalue weighted by Crippen LogP contribution is -2.28. The molecule has 0 fully saturated rings. The molecule has 0 saturated heterocycles. The van der Waals surface area contributed by atoms with Gasteiger partial charge in [0.05, 0.1) is 17.7 Å². The van der Waals surface area contributed by atoms with Crippen LogP contribution in [0.2, 0.25) is 0 Å². The molecule has 17 heavy (non-hydrogen) atoms. The first-order chi connectivity index (χ1) is 8.15. The minimum atomic E-state index is 0.212. The molecule has 1 aliphatic rings. The third-order valence-corrected chi connectivity index (χ3v) is 3.42. The van der Waals surface area contributed by atoms with Gasteiger partial charge in [-0.1, -0.05) is 37.3 Å². The Hall–Kier alpha value is -1.95. The Bertz CT molecular complexity index is 470. The average Bonchev–Trinajstić information content (AvgIpc) is 2.64. The van der Waals surface area contributed by atoms with Crippen LogP contribution in [0.1, 0.15) is 25.5 Å². The molecule has 1 heterocycles. The number of hydrogen-bond donors (Lipinski definition) is 1. The van der Waals surface area contributed by atoms with Crippen molar-refractivity contribution in [3.05, 3.63) is 47.3 Å². The number of hydrogen-bond acceptors (Lipinski definition) is 3. The lowest BCUT2D eigenvalue weighted by atomic mass is 10.1. The van der Waals surface area contributed by atoms with Crippen molar-refractivity contribution in [3.8, 4) is 6.07 Å². The Balaban J connectivity index is 2.27. The maximum Gasteiger partial charge on any atom is 0.114 e. The van der Waals surface area contributed by atoms with E-state index in [1.165, 1.54) is 5.56 Å². The summed E-state index contributed by atoms with van der Waals surface area (Å²) in [6, 6.07) is 12.7. The Morgan fingerprint density at radius 3 is 2.59 bits per heavy atom. The molecule has 2 atom stereocenters. The minimum Gasteiger partial charge on any atom is -0.385 e. The maximum absolute atomic E-state index is 9.06. The van der Waals surface area contributed by atoms with Gasteiger partial charge < -0.3 is 10.6 Å². The zero-order valence-electron chi connectivity index (χ0n) is 10.2. The SMILES string of the molecule is CC1CN(C(C)c2ccccc2)C(N)=C1C#N. The first-order valence-corrected chi connectivity index (χ1v) is 5.86. The summed E-state index contributed by atoms with van der Waals surface area (Å²) >= 11 is 0.